The third kappa shape index (κ3) is 20.8. The Labute approximate surface area is 723 Å². The quantitative estimate of drug-likeness (QED) is 0.110. The fourth-order valence-corrected chi connectivity index (χ4v) is 26.6. The molecule has 4 aromatic rings. The van der Waals surface area contributed by atoms with Crippen LogP contribution in [0.25, 0.3) is 0 Å². The Morgan fingerprint density at radius 2 is 0.917 bits per heavy atom. The fourth-order valence-electron chi connectivity index (χ4n) is 24.9. The summed E-state index contributed by atoms with van der Waals surface area (Å²) in [7, 11) is -3.16. The highest BCUT2D eigenvalue weighted by molar-refractivity contribution is 7.90. The van der Waals surface area contributed by atoms with Gasteiger partial charge in [-0.15, -0.1) is 0 Å². The lowest BCUT2D eigenvalue weighted by molar-refractivity contribution is -0.151. The minimum Gasteiger partial charge on any atom is -0.351 e. The van der Waals surface area contributed by atoms with E-state index in [-0.39, 0.29) is 141 Å². The van der Waals surface area contributed by atoms with E-state index in [0.29, 0.717) is 78.5 Å². The highest BCUT2D eigenvalue weighted by atomic mass is 35.5. The molecule has 2 N–H and O–H groups in total. The van der Waals surface area contributed by atoms with Gasteiger partial charge < -0.3 is 25.3 Å². The minimum atomic E-state index is -3.16. The van der Waals surface area contributed by atoms with E-state index in [1.54, 1.807) is 0 Å². The third-order valence-electron chi connectivity index (χ3n) is 30.5. The van der Waals surface area contributed by atoms with Gasteiger partial charge in [0.15, 0.2) is 0 Å². The van der Waals surface area contributed by atoms with Crippen molar-refractivity contribution in [1.29, 1.82) is 0 Å². The van der Waals surface area contributed by atoms with E-state index in [9.17, 15) is 50.0 Å². The van der Waals surface area contributed by atoms with E-state index >= 15 is 8.78 Å². The summed E-state index contributed by atoms with van der Waals surface area (Å²) >= 11 is 6.42. The number of nitrogens with one attached hydrogen (secondary N) is 2. The topological polar surface area (TPSA) is 163 Å². The normalized spacial score (nSPS) is 30.6. The zero-order chi connectivity index (χ0) is 87.5. The van der Waals surface area contributed by atoms with Gasteiger partial charge in [-0.1, -0.05) is 94.2 Å². The molecule has 15 rings (SSSR count). The third-order valence-corrected chi connectivity index (χ3v) is 31.9. The van der Waals surface area contributed by atoms with E-state index in [2.05, 4.69) is 115 Å². The van der Waals surface area contributed by atoms with Crippen LogP contribution in [0.1, 0.15) is 309 Å². The van der Waals surface area contributed by atoms with Crippen LogP contribution in [0, 0.1) is 81.7 Å². The van der Waals surface area contributed by atoms with Gasteiger partial charge >= 0.3 is 0 Å². The van der Waals surface area contributed by atoms with Gasteiger partial charge in [-0.3, -0.25) is 38.7 Å². The van der Waals surface area contributed by atoms with Gasteiger partial charge in [0, 0.05) is 151 Å². The van der Waals surface area contributed by atoms with Crippen molar-refractivity contribution in [2.24, 2.45) is 46.8 Å². The first-order valence-electron chi connectivity index (χ1n) is 46.0. The minimum absolute atomic E-state index is 0.0346. The van der Waals surface area contributed by atoms with Gasteiger partial charge in [-0.25, -0.2) is 34.8 Å². The summed E-state index contributed by atoms with van der Waals surface area (Å²) in [6, 6.07) is 17.5. The molecule has 2 saturated carbocycles. The largest absolute Gasteiger partial charge is 0.351 e. The zero-order valence-electron chi connectivity index (χ0n) is 74.8. The SMILES string of the molecule is CC(C)(C)N1CC(C(=O)N2C3CCC2CC(CS(C)(=O)=O)(C2CCCCC2)C3)[C@H](c2ccc(F)cc2F)C1.CC(C)(C)NC(=O)C1C(C2CCCCC2)CC2CCC1N2C(=O)C1CCN(C(C)(C)C)C[C@H]1c1ccc(F)cc1F.CCC(NC(C)=O)c1cc(Cl)ccc1C1CC2CCC(C1)N2C(=O)C1CCN(C(C)(C)C)C[C@H]1c1ccc(F)cc1F. The van der Waals surface area contributed by atoms with Gasteiger partial charge in [0.05, 0.1) is 23.6 Å². The molecule has 0 radical (unpaired) electrons. The van der Waals surface area contributed by atoms with Gasteiger partial charge in [-0.2, -0.15) is 0 Å². The summed E-state index contributed by atoms with van der Waals surface area (Å²) in [5, 5.41) is 7.01. The first kappa shape index (κ1) is 92.6. The standard InChI is InChI=1S/C34H44ClF2N3O2.C34H51F2N3O2.C30H44F2N2O3S/c1-6-32(38-20(2)41)29-17-22(35)7-11-26(29)21-15-24-9-10-25(16-21)40(24)33(42)28-13-14-39(34(3,4)5)19-30(28)27-12-8-23(36)18-31(27)37;1-33(2,3)37-31(40)30-26(21-10-8-7-9-11-21)19-23-13-15-29(30)39(23)32(41)25-16-17-38(34(4,5)6)20-27(25)24-14-12-22(35)18-28(24)36;1-29(2,3)33-17-25(24-13-10-21(31)14-27(24)32)26(18-33)28(35)34-22-11-12-23(34)16-30(15-22,19-38(4,36)37)20-8-6-5-7-9-20/h7-8,11-12,17-18,21,24-25,28,30,32H,6,9-10,13-16,19H2,1-5H3,(H,38,41);12,14,18,21,23,25-27,29-30H,7-11,13,15-17,19-20H2,1-6H3,(H,37,40);10,13-14,20,22-23,25-26H,5-9,11-12,15-19H2,1-4H3/t21?,24?,25?,28?,30-,32?;23?,25?,26?,27-,29?,30?;22?,23?,25-,26?,30?/m000/s1. The molecular formula is C98H139ClF6N8O7S. The first-order chi connectivity index (χ1) is 56.9. The Hall–Kier alpha value is -6.07. The maximum atomic E-state index is 15.2. The average Bonchev–Trinajstić information content (AvgIpc) is 1.63. The molecule has 9 aliphatic heterocycles. The maximum Gasteiger partial charge on any atom is 0.228 e. The van der Waals surface area contributed by atoms with Crippen molar-refractivity contribution in [2.45, 2.75) is 339 Å². The zero-order valence-corrected chi connectivity index (χ0v) is 76.4. The molecule has 5 amide bonds. The number of carbonyl (C=O) groups is 5. The number of benzene rings is 4. The van der Waals surface area contributed by atoms with Crippen LogP contribution in [0.3, 0.4) is 0 Å². The molecule has 6 bridgehead atoms. The molecule has 11 aliphatic rings. The molecule has 668 valence electrons. The molecule has 121 heavy (non-hydrogen) atoms. The average molecular weight is 1720 g/mol. The second kappa shape index (κ2) is 37.1. The van der Waals surface area contributed by atoms with Crippen LogP contribution in [0.4, 0.5) is 26.3 Å². The number of fused-ring (bicyclic) bond motifs is 6. The smallest absolute Gasteiger partial charge is 0.228 e. The number of nitrogens with zero attached hydrogens (tertiary/aromatic N) is 6. The summed E-state index contributed by atoms with van der Waals surface area (Å²) < 4.78 is 112. The van der Waals surface area contributed by atoms with Crippen molar-refractivity contribution < 1.29 is 58.7 Å². The molecule has 23 heteroatoms. The monoisotopic (exact) mass is 1720 g/mol. The van der Waals surface area contributed by atoms with Crippen LogP contribution in [0.15, 0.2) is 72.8 Å². The molecule has 15 atom stereocenters. The van der Waals surface area contributed by atoms with E-state index in [4.69, 9.17) is 11.6 Å². The maximum absolute atomic E-state index is 15.2. The highest BCUT2D eigenvalue weighted by Gasteiger charge is 2.59. The van der Waals surface area contributed by atoms with Crippen molar-refractivity contribution >= 4 is 51.0 Å². The van der Waals surface area contributed by atoms with Crippen LogP contribution in [0.5, 0.6) is 0 Å². The summed E-state index contributed by atoms with van der Waals surface area (Å²) in [5.41, 5.74) is 2.49. The van der Waals surface area contributed by atoms with Crippen LogP contribution >= 0.6 is 11.6 Å². The second-order valence-corrected chi connectivity index (χ2v) is 45.2. The number of halogens is 7. The summed E-state index contributed by atoms with van der Waals surface area (Å²) in [6.07, 6.45) is 24.7. The van der Waals surface area contributed by atoms with Gasteiger partial charge in [0.2, 0.25) is 29.5 Å². The number of sulfone groups is 1. The predicted octanol–water partition coefficient (Wildman–Crippen LogP) is 19.5. The highest BCUT2D eigenvalue weighted by Crippen LogP contribution is 2.57. The van der Waals surface area contributed by atoms with E-state index < -0.39 is 56.6 Å². The van der Waals surface area contributed by atoms with E-state index in [1.807, 2.05) is 32.9 Å². The lowest BCUT2D eigenvalue weighted by Gasteiger charge is -2.51. The number of likely N-dealkylation sites (tertiary alicyclic amines) is 3. The Balaban J connectivity index is 0.000000157. The lowest BCUT2D eigenvalue weighted by Crippen LogP contribution is -2.61. The van der Waals surface area contributed by atoms with Gasteiger partial charge in [0.25, 0.3) is 0 Å². The summed E-state index contributed by atoms with van der Waals surface area (Å²) in [6.45, 7) is 32.5. The Morgan fingerprint density at radius 1 is 0.496 bits per heavy atom. The first-order valence-corrected chi connectivity index (χ1v) is 48.5. The van der Waals surface area contributed by atoms with Crippen LogP contribution in [-0.4, -0.2) is 177 Å². The molecule has 0 aromatic heterocycles. The molecule has 11 fully saturated rings. The van der Waals surface area contributed by atoms with Gasteiger partial charge in [-0.05, 0) is 286 Å². The Kier molecular flexibility index (Phi) is 28.4. The van der Waals surface area contributed by atoms with E-state index in [1.165, 1.54) is 93.7 Å². The molecular weight excluding hydrogens is 1580 g/mol. The van der Waals surface area contributed by atoms with Crippen LogP contribution in [0.2, 0.25) is 5.02 Å². The van der Waals surface area contributed by atoms with Crippen LogP contribution in [-0.2, 0) is 33.8 Å². The summed E-state index contributed by atoms with van der Waals surface area (Å²) in [4.78, 5) is 82.5. The Morgan fingerprint density at radius 3 is 1.37 bits per heavy atom. The van der Waals surface area contributed by atoms with Crippen molar-refractivity contribution in [3.8, 4) is 0 Å². The number of hydrogen-bond acceptors (Lipinski definition) is 10. The number of carbonyl (C=O) groups excluding carboxylic acids is 5. The number of hydrogen-bond donors (Lipinski definition) is 2. The number of amides is 5. The molecule has 15 nitrogen and oxygen atoms in total. The molecule has 0 spiro atoms. The van der Waals surface area contributed by atoms with Crippen molar-refractivity contribution in [2.75, 3.05) is 51.3 Å². The van der Waals surface area contributed by atoms with Gasteiger partial charge in [0.1, 0.15) is 44.7 Å². The number of rotatable bonds is 15. The molecule has 9 heterocycles. The second-order valence-electron chi connectivity index (χ2n) is 42.7. The van der Waals surface area contributed by atoms with E-state index in [0.717, 1.165) is 140 Å². The van der Waals surface area contributed by atoms with Crippen molar-refractivity contribution in [3.05, 3.63) is 141 Å². The fraction of sp³-hybridized carbons (Fsp3) is 0.704. The van der Waals surface area contributed by atoms with Crippen molar-refractivity contribution in [3.63, 3.8) is 0 Å². The molecule has 12 unspecified atom stereocenters. The Bertz CT molecular complexity index is 4470. The van der Waals surface area contributed by atoms with Crippen LogP contribution < -0.4 is 10.6 Å². The molecule has 9 saturated heterocycles. The lowest BCUT2D eigenvalue weighted by atomic mass is 9.63. The molecule has 4 aromatic carbocycles. The molecule has 2 aliphatic carbocycles. The van der Waals surface area contributed by atoms with Crippen molar-refractivity contribution in [1.82, 2.24) is 40.0 Å². The summed E-state index contributed by atoms with van der Waals surface area (Å²) in [5.74, 6) is -4.01. The number of piperidine rings is 5. The predicted molar refractivity (Wildman–Crippen MR) is 466 cm³/mol.